The minimum absolute atomic E-state index is 0.873. The summed E-state index contributed by atoms with van der Waals surface area (Å²) in [6.07, 6.45) is 0. The second-order valence-electron chi connectivity index (χ2n) is 14.9. The molecular formula is C54H33NOS. The summed E-state index contributed by atoms with van der Waals surface area (Å²) in [5, 5.41) is 12.3. The van der Waals surface area contributed by atoms with E-state index in [0.29, 0.717) is 0 Å². The van der Waals surface area contributed by atoms with Gasteiger partial charge < -0.3 is 9.32 Å². The highest BCUT2D eigenvalue weighted by atomic mass is 32.1. The van der Waals surface area contributed by atoms with Gasteiger partial charge in [0.2, 0.25) is 0 Å². The van der Waals surface area contributed by atoms with Crippen molar-refractivity contribution < 1.29 is 4.42 Å². The van der Waals surface area contributed by atoms with E-state index in [1.165, 1.54) is 74.7 Å². The normalized spacial score (nSPS) is 11.9. The molecule has 0 fully saturated rings. The van der Waals surface area contributed by atoms with Gasteiger partial charge in [0, 0.05) is 54.1 Å². The van der Waals surface area contributed by atoms with E-state index in [1.54, 1.807) is 0 Å². The first-order chi connectivity index (χ1) is 28.2. The Kier molecular flexibility index (Phi) is 7.13. The highest BCUT2D eigenvalue weighted by Gasteiger charge is 2.19. The fourth-order valence-corrected chi connectivity index (χ4v) is 10.0. The number of fused-ring (bicyclic) bond motifs is 11. The second kappa shape index (κ2) is 12.7. The van der Waals surface area contributed by atoms with Crippen LogP contribution in [0.2, 0.25) is 0 Å². The lowest BCUT2D eigenvalue weighted by molar-refractivity contribution is 0.669. The maximum absolute atomic E-state index is 6.61. The molecule has 0 spiro atoms. The van der Waals surface area contributed by atoms with Crippen molar-refractivity contribution in [2.45, 2.75) is 0 Å². The average molecular weight is 744 g/mol. The first-order valence-corrected chi connectivity index (χ1v) is 20.2. The predicted molar refractivity (Wildman–Crippen MR) is 245 cm³/mol. The van der Waals surface area contributed by atoms with Crippen molar-refractivity contribution in [2.24, 2.45) is 0 Å². The molecule has 10 aromatic carbocycles. The quantitative estimate of drug-likeness (QED) is 0.163. The van der Waals surface area contributed by atoms with Gasteiger partial charge in [0.1, 0.15) is 11.2 Å². The first-order valence-electron chi connectivity index (χ1n) is 19.4. The van der Waals surface area contributed by atoms with Gasteiger partial charge in [-0.2, -0.15) is 0 Å². The Hall–Kier alpha value is -7.20. The molecule has 12 rings (SSSR count). The Morgan fingerprint density at radius 1 is 0.333 bits per heavy atom. The van der Waals surface area contributed by atoms with Gasteiger partial charge >= 0.3 is 0 Å². The van der Waals surface area contributed by atoms with Crippen LogP contribution in [0.5, 0.6) is 0 Å². The molecule has 0 saturated heterocycles. The third-order valence-corrected chi connectivity index (χ3v) is 12.8. The van der Waals surface area contributed by atoms with Crippen LogP contribution in [0.1, 0.15) is 0 Å². The van der Waals surface area contributed by atoms with Crippen molar-refractivity contribution in [3.05, 3.63) is 200 Å². The molecule has 0 aliphatic carbocycles. The summed E-state index contributed by atoms with van der Waals surface area (Å²) in [4.78, 5) is 2.37. The van der Waals surface area contributed by atoms with E-state index >= 15 is 0 Å². The van der Waals surface area contributed by atoms with Crippen molar-refractivity contribution in [1.82, 2.24) is 0 Å². The number of benzene rings is 10. The van der Waals surface area contributed by atoms with Crippen LogP contribution >= 0.6 is 11.3 Å². The summed E-state index contributed by atoms with van der Waals surface area (Å²) in [5.41, 5.74) is 9.85. The lowest BCUT2D eigenvalue weighted by atomic mass is 9.95. The van der Waals surface area contributed by atoms with E-state index in [0.717, 1.165) is 39.0 Å². The Labute approximate surface area is 333 Å². The van der Waals surface area contributed by atoms with E-state index in [4.69, 9.17) is 4.42 Å². The molecule has 266 valence electrons. The molecule has 0 N–H and O–H groups in total. The second-order valence-corrected chi connectivity index (χ2v) is 16.0. The Morgan fingerprint density at radius 3 is 1.86 bits per heavy atom. The smallest absolute Gasteiger partial charge is 0.137 e. The molecule has 2 nitrogen and oxygen atoms in total. The van der Waals surface area contributed by atoms with Crippen LogP contribution in [0.25, 0.3) is 96.7 Å². The fraction of sp³-hybridized carbons (Fsp3) is 0. The van der Waals surface area contributed by atoms with Gasteiger partial charge in [0.05, 0.1) is 0 Å². The van der Waals surface area contributed by atoms with Crippen LogP contribution in [-0.4, -0.2) is 0 Å². The summed E-state index contributed by atoms with van der Waals surface area (Å²) < 4.78 is 9.16. The number of hydrogen-bond acceptors (Lipinski definition) is 3. The van der Waals surface area contributed by atoms with E-state index in [9.17, 15) is 0 Å². The Balaban J connectivity index is 1.04. The molecule has 0 aliphatic heterocycles. The summed E-state index contributed by atoms with van der Waals surface area (Å²) in [5.74, 6) is 0. The standard InChI is InChI=1S/C54H33NOS/c1-2-9-34(10-3-1)35-19-23-40(24-20-35)55(42-25-28-47-50(33-42)56-49-29-22-37-12-5-7-14-45(37)53(47)49)41-26-30-51-48(32-41)54-46(15-8-16-52(54)57-51)39-21-27-44-38(31-39)18-17-36-11-4-6-13-43(36)44/h1-33H. The first kappa shape index (κ1) is 32.1. The molecule has 57 heavy (non-hydrogen) atoms. The molecule has 0 atom stereocenters. The largest absolute Gasteiger partial charge is 0.456 e. The van der Waals surface area contributed by atoms with Gasteiger partial charge in [-0.05, 0) is 115 Å². The highest BCUT2D eigenvalue weighted by Crippen LogP contribution is 2.46. The minimum atomic E-state index is 0.873. The topological polar surface area (TPSA) is 16.4 Å². The summed E-state index contributed by atoms with van der Waals surface area (Å²) in [6, 6.07) is 72.7. The molecule has 2 heterocycles. The minimum Gasteiger partial charge on any atom is -0.456 e. The van der Waals surface area contributed by atoms with Crippen LogP contribution in [-0.2, 0) is 0 Å². The Bertz CT molecular complexity index is 3520. The average Bonchev–Trinajstić information content (AvgIpc) is 3.85. The Morgan fingerprint density at radius 2 is 0.982 bits per heavy atom. The van der Waals surface area contributed by atoms with Gasteiger partial charge in [0.15, 0.2) is 0 Å². The molecule has 0 unspecified atom stereocenters. The van der Waals surface area contributed by atoms with Gasteiger partial charge in [-0.3, -0.25) is 0 Å². The molecule has 12 aromatic rings. The zero-order valence-corrected chi connectivity index (χ0v) is 31.6. The van der Waals surface area contributed by atoms with E-state index < -0.39 is 0 Å². The predicted octanol–water partition coefficient (Wildman–Crippen LogP) is 16.2. The summed E-state index contributed by atoms with van der Waals surface area (Å²) in [6.45, 7) is 0. The van der Waals surface area contributed by atoms with Crippen LogP contribution < -0.4 is 4.90 Å². The van der Waals surface area contributed by atoms with Crippen LogP contribution in [0.15, 0.2) is 205 Å². The molecule has 3 heteroatoms. The third-order valence-electron chi connectivity index (χ3n) is 11.6. The van der Waals surface area contributed by atoms with E-state index in [1.807, 2.05) is 11.3 Å². The molecule has 0 amide bonds. The summed E-state index contributed by atoms with van der Waals surface area (Å²) in [7, 11) is 0. The van der Waals surface area contributed by atoms with Crippen LogP contribution in [0.3, 0.4) is 0 Å². The van der Waals surface area contributed by atoms with Gasteiger partial charge in [-0.1, -0.05) is 133 Å². The molecule has 0 aliphatic rings. The zero-order chi connectivity index (χ0) is 37.5. The highest BCUT2D eigenvalue weighted by molar-refractivity contribution is 7.26. The third kappa shape index (κ3) is 5.17. The number of hydrogen-bond donors (Lipinski definition) is 0. The van der Waals surface area contributed by atoms with Crippen molar-refractivity contribution in [2.75, 3.05) is 4.90 Å². The fourth-order valence-electron chi connectivity index (χ4n) is 8.93. The van der Waals surface area contributed by atoms with Crippen molar-refractivity contribution in [3.8, 4) is 22.3 Å². The maximum atomic E-state index is 6.61. The van der Waals surface area contributed by atoms with Gasteiger partial charge in [0.25, 0.3) is 0 Å². The number of furan rings is 1. The zero-order valence-electron chi connectivity index (χ0n) is 30.8. The maximum Gasteiger partial charge on any atom is 0.137 e. The van der Waals surface area contributed by atoms with Crippen molar-refractivity contribution in [3.63, 3.8) is 0 Å². The molecule has 0 radical (unpaired) electrons. The lowest BCUT2D eigenvalue weighted by Crippen LogP contribution is -2.09. The SMILES string of the molecule is c1ccc(-c2ccc(N(c3ccc4c(c3)oc3ccc5ccccc5c34)c3ccc4sc5cccc(-c6ccc7c(ccc8ccccc87)c6)c5c4c3)cc2)cc1. The number of thiophene rings is 1. The van der Waals surface area contributed by atoms with Crippen molar-refractivity contribution >= 4 is 103 Å². The molecular weight excluding hydrogens is 711 g/mol. The lowest BCUT2D eigenvalue weighted by Gasteiger charge is -2.26. The number of nitrogens with zero attached hydrogens (tertiary/aromatic N) is 1. The van der Waals surface area contributed by atoms with Crippen LogP contribution in [0.4, 0.5) is 17.1 Å². The summed E-state index contributed by atoms with van der Waals surface area (Å²) >= 11 is 1.86. The monoisotopic (exact) mass is 743 g/mol. The van der Waals surface area contributed by atoms with E-state index in [-0.39, 0.29) is 0 Å². The van der Waals surface area contributed by atoms with Gasteiger partial charge in [-0.15, -0.1) is 11.3 Å². The number of rotatable bonds is 5. The van der Waals surface area contributed by atoms with Gasteiger partial charge in [-0.25, -0.2) is 0 Å². The van der Waals surface area contributed by atoms with Crippen LogP contribution in [0, 0.1) is 0 Å². The van der Waals surface area contributed by atoms with E-state index in [2.05, 4.69) is 205 Å². The molecule has 2 aromatic heterocycles. The van der Waals surface area contributed by atoms with Crippen molar-refractivity contribution in [1.29, 1.82) is 0 Å². The number of anilines is 3. The molecule has 0 saturated carbocycles. The molecule has 0 bridgehead atoms.